The van der Waals surface area contributed by atoms with E-state index in [0.29, 0.717) is 5.56 Å². The highest BCUT2D eigenvalue weighted by Gasteiger charge is 2.10. The van der Waals surface area contributed by atoms with Crippen LogP contribution in [0.4, 0.5) is 11.4 Å². The molecular formula is C16H15N3O2S. The Hall–Kier alpha value is -2.60. The first kappa shape index (κ1) is 14.3. The quantitative estimate of drug-likeness (QED) is 0.742. The molecule has 0 bridgehead atoms. The molecule has 0 radical (unpaired) electrons. The van der Waals surface area contributed by atoms with Crippen LogP contribution < -0.4 is 10.6 Å². The van der Waals surface area contributed by atoms with Crippen LogP contribution in [0.15, 0.2) is 58.9 Å². The number of hydrogen-bond donors (Lipinski definition) is 2. The van der Waals surface area contributed by atoms with E-state index in [0.717, 1.165) is 16.4 Å². The van der Waals surface area contributed by atoms with E-state index in [-0.39, 0.29) is 11.9 Å². The molecule has 5 nitrogen and oxygen atoms in total. The molecule has 0 aliphatic rings. The first-order valence-corrected chi connectivity index (χ1v) is 7.70. The van der Waals surface area contributed by atoms with Gasteiger partial charge in [-0.05, 0) is 31.2 Å². The minimum atomic E-state index is -0.195. The second kappa shape index (κ2) is 6.44. The maximum Gasteiger partial charge on any atom is 0.258 e. The fourth-order valence-electron chi connectivity index (χ4n) is 2.04. The minimum absolute atomic E-state index is 0.111. The lowest BCUT2D eigenvalue weighted by Gasteiger charge is -2.14. The van der Waals surface area contributed by atoms with Gasteiger partial charge in [0.05, 0.1) is 17.9 Å². The van der Waals surface area contributed by atoms with Crippen molar-refractivity contribution in [2.75, 3.05) is 10.6 Å². The van der Waals surface area contributed by atoms with Crippen molar-refractivity contribution in [3.8, 4) is 0 Å². The molecule has 0 saturated carbocycles. The molecule has 2 heterocycles. The molecule has 3 rings (SSSR count). The van der Waals surface area contributed by atoms with Crippen LogP contribution in [0.1, 0.15) is 28.3 Å². The maximum absolute atomic E-state index is 12.0. The van der Waals surface area contributed by atoms with E-state index in [4.69, 9.17) is 4.42 Å². The zero-order valence-corrected chi connectivity index (χ0v) is 12.8. The molecule has 0 aliphatic heterocycles. The molecule has 1 atom stereocenters. The van der Waals surface area contributed by atoms with E-state index in [9.17, 15) is 4.79 Å². The summed E-state index contributed by atoms with van der Waals surface area (Å²) in [4.78, 5) is 16.3. The molecule has 22 heavy (non-hydrogen) atoms. The Morgan fingerprint density at radius 3 is 2.91 bits per heavy atom. The van der Waals surface area contributed by atoms with Gasteiger partial charge in [0.1, 0.15) is 11.3 Å². The van der Waals surface area contributed by atoms with E-state index in [1.807, 2.05) is 29.6 Å². The van der Waals surface area contributed by atoms with E-state index in [2.05, 4.69) is 22.5 Å². The summed E-state index contributed by atoms with van der Waals surface area (Å²) in [5.41, 5.74) is 2.14. The number of nitrogens with one attached hydrogen (secondary N) is 2. The van der Waals surface area contributed by atoms with Crippen molar-refractivity contribution >= 4 is 28.6 Å². The topological polar surface area (TPSA) is 67.2 Å². The number of furan rings is 1. The van der Waals surface area contributed by atoms with Crippen LogP contribution >= 0.6 is 11.3 Å². The molecule has 3 aromatic rings. The maximum atomic E-state index is 12.0. The van der Waals surface area contributed by atoms with Gasteiger partial charge >= 0.3 is 0 Å². The van der Waals surface area contributed by atoms with Gasteiger partial charge in [0.2, 0.25) is 0 Å². The highest BCUT2D eigenvalue weighted by Crippen LogP contribution is 2.23. The Bertz CT molecular complexity index is 739. The standard InChI is InChI=1S/C16H15N3O2S/c1-11(16-17-6-8-22-16)18-13-3-2-4-14(9-13)19-15(20)12-5-7-21-10-12/h2-11,18H,1H3,(H,19,20). The number of thiazole rings is 1. The summed E-state index contributed by atoms with van der Waals surface area (Å²) in [6.07, 6.45) is 4.68. The van der Waals surface area contributed by atoms with E-state index < -0.39 is 0 Å². The third-order valence-electron chi connectivity index (χ3n) is 3.11. The molecule has 2 N–H and O–H groups in total. The predicted molar refractivity (Wildman–Crippen MR) is 87.3 cm³/mol. The van der Waals surface area contributed by atoms with Crippen LogP contribution in [0.5, 0.6) is 0 Å². The summed E-state index contributed by atoms with van der Waals surface area (Å²) in [6.45, 7) is 2.05. The molecule has 0 aliphatic carbocycles. The van der Waals surface area contributed by atoms with Crippen LogP contribution in [0.2, 0.25) is 0 Å². The van der Waals surface area contributed by atoms with Gasteiger partial charge in [-0.2, -0.15) is 0 Å². The molecule has 2 aromatic heterocycles. The molecule has 6 heteroatoms. The number of hydrogen-bond acceptors (Lipinski definition) is 5. The molecule has 0 spiro atoms. The second-order valence-electron chi connectivity index (χ2n) is 4.78. The zero-order valence-electron chi connectivity index (χ0n) is 11.9. The largest absolute Gasteiger partial charge is 0.472 e. The predicted octanol–water partition coefficient (Wildman–Crippen LogP) is 4.16. The number of nitrogens with zero attached hydrogens (tertiary/aromatic N) is 1. The average molecular weight is 313 g/mol. The lowest BCUT2D eigenvalue weighted by atomic mass is 10.2. The Morgan fingerprint density at radius 1 is 1.32 bits per heavy atom. The SMILES string of the molecule is CC(Nc1cccc(NC(=O)c2ccoc2)c1)c1nccs1. The fraction of sp³-hybridized carbons (Fsp3) is 0.125. The van der Waals surface area contributed by atoms with Crippen LogP contribution in [0.25, 0.3) is 0 Å². The van der Waals surface area contributed by atoms with Crippen LogP contribution in [-0.2, 0) is 0 Å². The Labute approximate surface area is 132 Å². The van der Waals surface area contributed by atoms with Gasteiger partial charge in [-0.3, -0.25) is 4.79 Å². The Kier molecular flexibility index (Phi) is 4.20. The molecule has 0 fully saturated rings. The second-order valence-corrected chi connectivity index (χ2v) is 5.71. The summed E-state index contributed by atoms with van der Waals surface area (Å²) in [5.74, 6) is -0.195. The molecule has 1 amide bonds. The van der Waals surface area contributed by atoms with Crippen LogP contribution in [0.3, 0.4) is 0 Å². The van der Waals surface area contributed by atoms with Crippen molar-refractivity contribution in [3.63, 3.8) is 0 Å². The van der Waals surface area contributed by atoms with Gasteiger partial charge < -0.3 is 15.1 Å². The summed E-state index contributed by atoms with van der Waals surface area (Å²) in [7, 11) is 0. The minimum Gasteiger partial charge on any atom is -0.472 e. The van der Waals surface area contributed by atoms with Gasteiger partial charge in [0.15, 0.2) is 0 Å². The number of carbonyl (C=O) groups excluding carboxylic acids is 1. The Morgan fingerprint density at radius 2 is 2.18 bits per heavy atom. The average Bonchev–Trinajstić information content (AvgIpc) is 3.21. The third-order valence-corrected chi connectivity index (χ3v) is 4.07. The molecule has 0 saturated heterocycles. The van der Waals surface area contributed by atoms with Crippen LogP contribution in [-0.4, -0.2) is 10.9 Å². The fourth-order valence-corrected chi connectivity index (χ4v) is 2.69. The van der Waals surface area contributed by atoms with Crippen molar-refractivity contribution in [1.82, 2.24) is 4.98 Å². The number of aromatic nitrogens is 1. The summed E-state index contributed by atoms with van der Waals surface area (Å²) in [5, 5.41) is 9.19. The van der Waals surface area contributed by atoms with Crippen LogP contribution in [0, 0.1) is 0 Å². The van der Waals surface area contributed by atoms with Crippen molar-refractivity contribution in [2.24, 2.45) is 0 Å². The lowest BCUT2D eigenvalue weighted by Crippen LogP contribution is -2.11. The number of amides is 1. The van der Waals surface area contributed by atoms with Gasteiger partial charge in [-0.1, -0.05) is 6.07 Å². The van der Waals surface area contributed by atoms with Gasteiger partial charge in [-0.15, -0.1) is 11.3 Å². The summed E-state index contributed by atoms with van der Waals surface area (Å²) >= 11 is 1.61. The first-order valence-electron chi connectivity index (χ1n) is 6.82. The lowest BCUT2D eigenvalue weighted by molar-refractivity contribution is 0.102. The van der Waals surface area contributed by atoms with Crippen molar-refractivity contribution in [1.29, 1.82) is 0 Å². The van der Waals surface area contributed by atoms with E-state index in [1.165, 1.54) is 12.5 Å². The molecular weight excluding hydrogens is 298 g/mol. The van der Waals surface area contributed by atoms with E-state index >= 15 is 0 Å². The number of rotatable bonds is 5. The summed E-state index contributed by atoms with van der Waals surface area (Å²) in [6, 6.07) is 9.32. The number of anilines is 2. The first-order chi connectivity index (χ1) is 10.7. The van der Waals surface area contributed by atoms with Crippen molar-refractivity contribution < 1.29 is 9.21 Å². The normalized spacial score (nSPS) is 11.9. The Balaban J connectivity index is 1.68. The van der Waals surface area contributed by atoms with Gasteiger partial charge in [0.25, 0.3) is 5.91 Å². The van der Waals surface area contributed by atoms with Gasteiger partial charge in [0, 0.05) is 23.0 Å². The van der Waals surface area contributed by atoms with Gasteiger partial charge in [-0.25, -0.2) is 4.98 Å². The molecule has 1 unspecified atom stereocenters. The smallest absolute Gasteiger partial charge is 0.258 e. The monoisotopic (exact) mass is 313 g/mol. The third kappa shape index (κ3) is 3.35. The molecule has 112 valence electrons. The van der Waals surface area contributed by atoms with Crippen molar-refractivity contribution in [3.05, 3.63) is 65.0 Å². The molecule has 1 aromatic carbocycles. The highest BCUT2D eigenvalue weighted by molar-refractivity contribution is 7.09. The number of carbonyl (C=O) groups is 1. The number of benzene rings is 1. The van der Waals surface area contributed by atoms with Crippen molar-refractivity contribution in [2.45, 2.75) is 13.0 Å². The summed E-state index contributed by atoms with van der Waals surface area (Å²) < 4.78 is 4.91. The highest BCUT2D eigenvalue weighted by atomic mass is 32.1. The van der Waals surface area contributed by atoms with E-state index in [1.54, 1.807) is 23.6 Å². The zero-order chi connectivity index (χ0) is 15.4.